The molecule has 0 aromatic carbocycles. The third kappa shape index (κ3) is 4.58. The molecule has 2 amide bonds. The van der Waals surface area contributed by atoms with Gasteiger partial charge in [-0.15, -0.1) is 0 Å². The van der Waals surface area contributed by atoms with Gasteiger partial charge in [0, 0.05) is 31.1 Å². The Morgan fingerprint density at radius 1 is 0.960 bits per heavy atom. The molecule has 1 aliphatic heterocycles. The third-order valence-corrected chi connectivity index (χ3v) is 4.85. The molecule has 0 bridgehead atoms. The van der Waals surface area contributed by atoms with E-state index >= 15 is 0 Å². The summed E-state index contributed by atoms with van der Waals surface area (Å²) in [7, 11) is 0. The summed E-state index contributed by atoms with van der Waals surface area (Å²) in [6, 6.07) is -0.491. The molecule has 144 valence electrons. The quantitative estimate of drug-likeness (QED) is 0.716. The average molecular weight is 364 g/mol. The first-order chi connectivity index (χ1) is 11.3. The molecular formula is C17H27F3N2O3. The lowest BCUT2D eigenvalue weighted by Crippen LogP contribution is -2.61. The van der Waals surface area contributed by atoms with E-state index < -0.39 is 29.7 Å². The van der Waals surface area contributed by atoms with E-state index in [-0.39, 0.29) is 30.8 Å². The molecule has 2 rings (SSSR count). The number of piperazine rings is 1. The van der Waals surface area contributed by atoms with E-state index in [4.69, 9.17) is 4.74 Å². The normalized spacial score (nSPS) is 30.7. The Balaban J connectivity index is 1.94. The Kier molecular flexibility index (Phi) is 5.31. The van der Waals surface area contributed by atoms with Crippen LogP contribution in [-0.4, -0.2) is 58.8 Å². The third-order valence-electron chi connectivity index (χ3n) is 4.85. The molecule has 2 atom stereocenters. The number of hydrogen-bond donors (Lipinski definition) is 0. The molecule has 0 N–H and O–H groups in total. The molecular weight excluding hydrogens is 337 g/mol. The van der Waals surface area contributed by atoms with Crippen LogP contribution in [0.1, 0.15) is 47.5 Å². The molecule has 0 spiro atoms. The van der Waals surface area contributed by atoms with E-state index in [9.17, 15) is 22.8 Å². The lowest BCUT2D eigenvalue weighted by Gasteiger charge is -2.47. The van der Waals surface area contributed by atoms with Crippen LogP contribution in [-0.2, 0) is 9.53 Å². The van der Waals surface area contributed by atoms with Gasteiger partial charge in [-0.25, -0.2) is 4.79 Å². The average Bonchev–Trinajstić information content (AvgIpc) is 2.35. The Hall–Kier alpha value is -1.47. The van der Waals surface area contributed by atoms with Crippen LogP contribution in [0, 0.1) is 11.8 Å². The Bertz CT molecular complexity index is 524. The van der Waals surface area contributed by atoms with Gasteiger partial charge < -0.3 is 14.5 Å². The number of rotatable bonds is 1. The van der Waals surface area contributed by atoms with Crippen molar-refractivity contribution in [3.05, 3.63) is 0 Å². The number of carbonyl (C=O) groups excluding carboxylic acids is 2. The minimum absolute atomic E-state index is 0.129. The van der Waals surface area contributed by atoms with Crippen LogP contribution >= 0.6 is 0 Å². The zero-order valence-corrected chi connectivity index (χ0v) is 15.4. The SMILES string of the molecule is C[C@@H]1CN(C(=O)OC(C)(C)C)[C@@H](C)CN1C(=O)[C@H]1C[C@H](C(F)(F)F)C1. The molecule has 5 nitrogen and oxygen atoms in total. The number of carbonyl (C=O) groups is 2. The van der Waals surface area contributed by atoms with Gasteiger partial charge in [-0.1, -0.05) is 0 Å². The Morgan fingerprint density at radius 2 is 1.44 bits per heavy atom. The standard InChI is InChI=1S/C17H27F3N2O3/c1-10-9-22(15(24)25-16(3,4)5)11(2)8-21(10)14(23)12-6-13(7-12)17(18,19)20/h10-13H,6-9H2,1-5H3/t10-,11+,12-,13-/m1/s1. The molecule has 0 radical (unpaired) electrons. The van der Waals surface area contributed by atoms with E-state index in [0.29, 0.717) is 13.1 Å². The van der Waals surface area contributed by atoms with Crippen LogP contribution in [0.2, 0.25) is 0 Å². The van der Waals surface area contributed by atoms with E-state index in [1.54, 1.807) is 37.5 Å². The van der Waals surface area contributed by atoms with E-state index in [1.807, 2.05) is 6.92 Å². The molecule has 0 aromatic heterocycles. The van der Waals surface area contributed by atoms with Crippen LogP contribution in [0.25, 0.3) is 0 Å². The fraction of sp³-hybridized carbons (Fsp3) is 0.882. The van der Waals surface area contributed by atoms with Crippen LogP contribution in [0.4, 0.5) is 18.0 Å². The monoisotopic (exact) mass is 364 g/mol. The highest BCUT2D eigenvalue weighted by Crippen LogP contribution is 2.45. The minimum Gasteiger partial charge on any atom is -0.444 e. The van der Waals surface area contributed by atoms with Gasteiger partial charge in [0.15, 0.2) is 0 Å². The maximum atomic E-state index is 12.6. The first kappa shape index (κ1) is 19.8. The molecule has 1 heterocycles. The number of hydrogen-bond acceptors (Lipinski definition) is 3. The van der Waals surface area contributed by atoms with Crippen molar-refractivity contribution in [2.24, 2.45) is 11.8 Å². The first-order valence-corrected chi connectivity index (χ1v) is 8.66. The molecule has 25 heavy (non-hydrogen) atoms. The zero-order chi connectivity index (χ0) is 19.2. The highest BCUT2D eigenvalue weighted by molar-refractivity contribution is 5.80. The van der Waals surface area contributed by atoms with Gasteiger partial charge >= 0.3 is 12.3 Å². The van der Waals surface area contributed by atoms with Gasteiger partial charge in [-0.3, -0.25) is 4.79 Å². The van der Waals surface area contributed by atoms with Crippen molar-refractivity contribution in [1.29, 1.82) is 0 Å². The predicted molar refractivity (Wildman–Crippen MR) is 85.8 cm³/mol. The maximum absolute atomic E-state index is 12.6. The van der Waals surface area contributed by atoms with E-state index in [2.05, 4.69) is 0 Å². The predicted octanol–water partition coefficient (Wildman–Crippen LogP) is 3.43. The van der Waals surface area contributed by atoms with Crippen molar-refractivity contribution >= 4 is 12.0 Å². The van der Waals surface area contributed by atoms with Crippen LogP contribution in [0.5, 0.6) is 0 Å². The van der Waals surface area contributed by atoms with Crippen molar-refractivity contribution in [1.82, 2.24) is 9.80 Å². The van der Waals surface area contributed by atoms with Crippen molar-refractivity contribution in [2.75, 3.05) is 13.1 Å². The van der Waals surface area contributed by atoms with E-state index in [1.165, 1.54) is 0 Å². The molecule has 1 saturated carbocycles. The molecule has 2 fully saturated rings. The van der Waals surface area contributed by atoms with Gasteiger partial charge in [0.25, 0.3) is 0 Å². The summed E-state index contributed by atoms with van der Waals surface area (Å²) in [4.78, 5) is 28.0. The zero-order valence-electron chi connectivity index (χ0n) is 15.4. The number of halogens is 3. The molecule has 0 aromatic rings. The van der Waals surface area contributed by atoms with Crippen molar-refractivity contribution in [3.8, 4) is 0 Å². The summed E-state index contributed by atoms with van der Waals surface area (Å²) in [5.41, 5.74) is -0.606. The van der Waals surface area contributed by atoms with Gasteiger partial charge in [0.05, 0.1) is 5.92 Å². The van der Waals surface area contributed by atoms with Gasteiger partial charge in [0.2, 0.25) is 5.91 Å². The number of alkyl halides is 3. The van der Waals surface area contributed by atoms with Crippen molar-refractivity contribution in [3.63, 3.8) is 0 Å². The largest absolute Gasteiger partial charge is 0.444 e. The number of nitrogens with zero attached hydrogens (tertiary/aromatic N) is 2. The summed E-state index contributed by atoms with van der Waals surface area (Å²) in [5, 5.41) is 0. The molecule has 1 saturated heterocycles. The molecule has 1 aliphatic carbocycles. The van der Waals surface area contributed by atoms with Gasteiger partial charge in [0.1, 0.15) is 5.60 Å². The first-order valence-electron chi connectivity index (χ1n) is 8.66. The van der Waals surface area contributed by atoms with Crippen LogP contribution in [0.15, 0.2) is 0 Å². The molecule has 0 unspecified atom stereocenters. The fourth-order valence-corrected chi connectivity index (χ4v) is 3.33. The summed E-state index contributed by atoms with van der Waals surface area (Å²) >= 11 is 0. The van der Waals surface area contributed by atoms with Gasteiger partial charge in [-0.2, -0.15) is 13.2 Å². The fourth-order valence-electron chi connectivity index (χ4n) is 3.33. The highest BCUT2D eigenvalue weighted by atomic mass is 19.4. The Labute approximate surface area is 146 Å². The summed E-state index contributed by atoms with van der Waals surface area (Å²) in [5.74, 6) is -2.16. The Morgan fingerprint density at radius 3 is 1.92 bits per heavy atom. The molecule has 2 aliphatic rings. The van der Waals surface area contributed by atoms with Crippen LogP contribution < -0.4 is 0 Å². The summed E-state index contributed by atoms with van der Waals surface area (Å²) < 4.78 is 43.2. The van der Waals surface area contributed by atoms with Gasteiger partial charge in [-0.05, 0) is 47.5 Å². The maximum Gasteiger partial charge on any atom is 0.410 e. The molecule has 8 heteroatoms. The minimum atomic E-state index is -4.22. The van der Waals surface area contributed by atoms with Crippen molar-refractivity contribution in [2.45, 2.75) is 71.3 Å². The topological polar surface area (TPSA) is 49.9 Å². The lowest BCUT2D eigenvalue weighted by molar-refractivity contribution is -0.207. The second-order valence-corrected chi connectivity index (χ2v) is 8.23. The second-order valence-electron chi connectivity index (χ2n) is 8.23. The summed E-state index contributed by atoms with van der Waals surface area (Å²) in [6.45, 7) is 9.60. The number of ether oxygens (including phenoxy) is 1. The smallest absolute Gasteiger partial charge is 0.410 e. The highest BCUT2D eigenvalue weighted by Gasteiger charge is 2.51. The number of amides is 2. The van der Waals surface area contributed by atoms with Crippen molar-refractivity contribution < 1.29 is 27.5 Å². The summed E-state index contributed by atoms with van der Waals surface area (Å²) in [6.07, 6.45) is -4.91. The van der Waals surface area contributed by atoms with E-state index in [0.717, 1.165) is 0 Å². The van der Waals surface area contributed by atoms with Crippen LogP contribution in [0.3, 0.4) is 0 Å². The lowest BCUT2D eigenvalue weighted by atomic mass is 9.73. The second kappa shape index (κ2) is 6.68.